The molecular weight excluding hydrogens is 452 g/mol. The van der Waals surface area contributed by atoms with Gasteiger partial charge in [0.15, 0.2) is 0 Å². The van der Waals surface area contributed by atoms with Gasteiger partial charge in [0.25, 0.3) is 0 Å². The topological polar surface area (TPSA) is 84.0 Å². The predicted molar refractivity (Wildman–Crippen MR) is 133 cm³/mol. The number of thiazole rings is 2. The molecule has 2 amide bonds. The van der Waals surface area contributed by atoms with Crippen molar-refractivity contribution in [2.24, 2.45) is 11.3 Å². The van der Waals surface area contributed by atoms with Gasteiger partial charge in [0.1, 0.15) is 5.41 Å². The zero-order valence-corrected chi connectivity index (χ0v) is 20.5. The molecule has 6 nitrogen and oxygen atoms in total. The van der Waals surface area contributed by atoms with Crippen molar-refractivity contribution in [3.8, 4) is 0 Å². The van der Waals surface area contributed by atoms with Crippen molar-refractivity contribution in [2.45, 2.75) is 39.7 Å². The zero-order chi connectivity index (χ0) is 23.3. The molecule has 3 aromatic rings. The molecular formula is C25H28N4O2S2. The second kappa shape index (κ2) is 10.4. The van der Waals surface area contributed by atoms with Gasteiger partial charge in [0, 0.05) is 36.7 Å². The first-order chi connectivity index (χ1) is 16.0. The second-order valence-corrected chi connectivity index (χ2v) is 10.3. The molecule has 0 saturated carbocycles. The molecule has 1 aliphatic carbocycles. The summed E-state index contributed by atoms with van der Waals surface area (Å²) in [5, 5.41) is 9.84. The Hall–Kier alpha value is -2.84. The number of carbonyl (C=O) groups is 2. The summed E-state index contributed by atoms with van der Waals surface area (Å²) in [4.78, 5) is 36.1. The van der Waals surface area contributed by atoms with Crippen LogP contribution in [0.25, 0.3) is 6.08 Å². The minimum Gasteiger partial charge on any atom is -0.355 e. The second-order valence-electron chi connectivity index (χ2n) is 8.82. The van der Waals surface area contributed by atoms with Crippen LogP contribution in [-0.4, -0.2) is 28.3 Å². The van der Waals surface area contributed by atoms with Gasteiger partial charge in [-0.2, -0.15) is 0 Å². The average Bonchev–Trinajstić information content (AvgIpc) is 3.57. The van der Waals surface area contributed by atoms with Crippen molar-refractivity contribution in [1.29, 1.82) is 0 Å². The maximum absolute atomic E-state index is 13.8. The third kappa shape index (κ3) is 5.57. The number of carbonyl (C=O) groups excluding carboxylic acids is 2. The van der Waals surface area contributed by atoms with Gasteiger partial charge < -0.3 is 10.6 Å². The van der Waals surface area contributed by atoms with Crippen LogP contribution in [0.15, 0.2) is 46.1 Å². The molecule has 0 saturated heterocycles. The van der Waals surface area contributed by atoms with Crippen molar-refractivity contribution in [3.63, 3.8) is 0 Å². The number of fused-ring (bicyclic) bond motifs is 1. The lowest BCUT2D eigenvalue weighted by atomic mass is 9.77. The van der Waals surface area contributed by atoms with Crippen LogP contribution < -0.4 is 10.6 Å². The van der Waals surface area contributed by atoms with Gasteiger partial charge in [-0.3, -0.25) is 9.59 Å². The maximum atomic E-state index is 13.8. The third-order valence-corrected chi connectivity index (χ3v) is 7.04. The number of allylic oxidation sites excluding steroid dienone is 1. The lowest BCUT2D eigenvalue weighted by Crippen LogP contribution is -2.54. The molecule has 2 aromatic heterocycles. The molecule has 8 heteroatoms. The number of aromatic nitrogens is 2. The summed E-state index contributed by atoms with van der Waals surface area (Å²) in [6.07, 6.45) is 5.63. The fourth-order valence-electron chi connectivity index (χ4n) is 3.98. The first kappa shape index (κ1) is 23.3. The Morgan fingerprint density at radius 3 is 2.30 bits per heavy atom. The highest BCUT2D eigenvalue weighted by Gasteiger charge is 2.47. The number of hydrogen-bond acceptors (Lipinski definition) is 6. The van der Waals surface area contributed by atoms with Crippen LogP contribution >= 0.6 is 22.7 Å². The van der Waals surface area contributed by atoms with Crippen LogP contribution in [0, 0.1) is 11.3 Å². The number of hydrogen-bond donors (Lipinski definition) is 2. The molecule has 0 unspecified atom stereocenters. The lowest BCUT2D eigenvalue weighted by Gasteiger charge is -2.31. The van der Waals surface area contributed by atoms with Crippen LogP contribution in [0.2, 0.25) is 0 Å². The molecule has 1 aliphatic rings. The molecule has 2 heterocycles. The van der Waals surface area contributed by atoms with Gasteiger partial charge in [0.05, 0.1) is 22.4 Å². The Bertz CT molecular complexity index is 1090. The largest absolute Gasteiger partial charge is 0.355 e. The number of nitrogens with zero attached hydrogens (tertiary/aromatic N) is 2. The van der Waals surface area contributed by atoms with Crippen LogP contribution in [0.4, 0.5) is 0 Å². The van der Waals surface area contributed by atoms with Crippen molar-refractivity contribution >= 4 is 40.6 Å². The van der Waals surface area contributed by atoms with Gasteiger partial charge >= 0.3 is 0 Å². The van der Waals surface area contributed by atoms with Crippen molar-refractivity contribution in [1.82, 2.24) is 20.6 Å². The van der Waals surface area contributed by atoms with Gasteiger partial charge in [-0.1, -0.05) is 38.1 Å². The van der Waals surface area contributed by atoms with Crippen LogP contribution in [0.5, 0.6) is 0 Å². The molecule has 0 fully saturated rings. The Morgan fingerprint density at radius 1 is 1.03 bits per heavy atom. The normalized spacial score (nSPS) is 12.7. The first-order valence-electron chi connectivity index (χ1n) is 11.1. The van der Waals surface area contributed by atoms with Crippen molar-refractivity contribution < 1.29 is 9.59 Å². The molecule has 0 bridgehead atoms. The summed E-state index contributed by atoms with van der Waals surface area (Å²) < 4.78 is 0. The molecule has 0 aliphatic heterocycles. The molecule has 1 aromatic carbocycles. The number of rotatable bonds is 10. The summed E-state index contributed by atoms with van der Waals surface area (Å²) in [7, 11) is 0. The molecule has 33 heavy (non-hydrogen) atoms. The molecule has 0 spiro atoms. The summed E-state index contributed by atoms with van der Waals surface area (Å²) in [5.74, 6) is -0.319. The first-order valence-corrected chi connectivity index (χ1v) is 12.9. The number of amides is 2. The van der Waals surface area contributed by atoms with Gasteiger partial charge in [0.2, 0.25) is 11.8 Å². The van der Waals surface area contributed by atoms with E-state index in [0.29, 0.717) is 13.1 Å². The lowest BCUT2D eigenvalue weighted by molar-refractivity contribution is -0.144. The highest BCUT2D eigenvalue weighted by atomic mass is 32.1. The van der Waals surface area contributed by atoms with E-state index in [0.717, 1.165) is 23.4 Å². The summed E-state index contributed by atoms with van der Waals surface area (Å²) >= 11 is 2.91. The average molecular weight is 481 g/mol. The van der Waals surface area contributed by atoms with E-state index in [9.17, 15) is 9.59 Å². The van der Waals surface area contributed by atoms with Crippen LogP contribution in [0.1, 0.15) is 41.9 Å². The van der Waals surface area contributed by atoms with Gasteiger partial charge in [-0.25, -0.2) is 9.97 Å². The van der Waals surface area contributed by atoms with Crippen molar-refractivity contribution in [3.05, 3.63) is 74.1 Å². The van der Waals surface area contributed by atoms with E-state index in [1.54, 1.807) is 11.0 Å². The minimum absolute atomic E-state index is 0.219. The molecule has 2 N–H and O–H groups in total. The summed E-state index contributed by atoms with van der Waals surface area (Å²) in [5.41, 5.74) is 7.06. The fraction of sp³-hybridized carbons (Fsp3) is 0.360. The number of benzene rings is 1. The zero-order valence-electron chi connectivity index (χ0n) is 18.8. The molecule has 4 rings (SSSR count). The van der Waals surface area contributed by atoms with E-state index < -0.39 is 5.41 Å². The molecule has 0 atom stereocenters. The van der Waals surface area contributed by atoms with E-state index in [4.69, 9.17) is 0 Å². The third-order valence-electron chi connectivity index (χ3n) is 5.77. The van der Waals surface area contributed by atoms with E-state index in [1.807, 2.05) is 30.7 Å². The van der Waals surface area contributed by atoms with Gasteiger partial charge in [-0.05, 0) is 35.1 Å². The SMILES string of the molecule is CC(C)CNC(=O)C(Cc1cscn1)(Cc1cscn1)C(=O)NCc1ccc2c(c1)C=CC2. The van der Waals surface area contributed by atoms with Gasteiger partial charge in [-0.15, -0.1) is 22.7 Å². The van der Waals surface area contributed by atoms with Crippen LogP contribution in [-0.2, 0) is 35.4 Å². The predicted octanol–water partition coefficient (Wildman–Crippen LogP) is 4.03. The van der Waals surface area contributed by atoms with E-state index >= 15 is 0 Å². The van der Waals surface area contributed by atoms with E-state index in [1.165, 1.54) is 33.8 Å². The monoisotopic (exact) mass is 480 g/mol. The smallest absolute Gasteiger partial charge is 0.236 e. The Labute approximate surface area is 202 Å². The quantitative estimate of drug-likeness (QED) is 0.429. The van der Waals surface area contributed by atoms with Crippen LogP contribution in [0.3, 0.4) is 0 Å². The van der Waals surface area contributed by atoms with E-state index in [-0.39, 0.29) is 30.6 Å². The maximum Gasteiger partial charge on any atom is 0.236 e. The van der Waals surface area contributed by atoms with E-state index in [2.05, 4.69) is 44.9 Å². The molecule has 0 radical (unpaired) electrons. The highest BCUT2D eigenvalue weighted by molar-refractivity contribution is 7.07. The Morgan fingerprint density at radius 2 is 1.70 bits per heavy atom. The highest BCUT2D eigenvalue weighted by Crippen LogP contribution is 2.30. The summed E-state index contributed by atoms with van der Waals surface area (Å²) in [6.45, 7) is 4.92. The number of nitrogens with one attached hydrogen (secondary N) is 2. The fourth-order valence-corrected chi connectivity index (χ4v) is 5.10. The Balaban J connectivity index is 1.61. The van der Waals surface area contributed by atoms with Crippen molar-refractivity contribution in [2.75, 3.05) is 6.54 Å². The summed E-state index contributed by atoms with van der Waals surface area (Å²) in [6, 6.07) is 6.23. The Kier molecular flexibility index (Phi) is 7.35. The standard InChI is InChI=1S/C25H28N4O2S2/c1-17(2)11-26-23(30)25(9-21-13-32-15-28-21,10-22-14-33-16-29-22)24(31)27-12-18-6-7-19-4-3-5-20(19)8-18/h3,5-8,13-17H,4,9-12H2,1-2H3,(H,26,30)(H,27,31). The minimum atomic E-state index is -1.34. The molecule has 172 valence electrons.